The SMILES string of the molecule is COc1ccc(/C=C/C(O)=CC(=O)/C=C/c2ccc(CO)cc2F)c(F)c1. The molecule has 0 aliphatic heterocycles. The van der Waals surface area contributed by atoms with Crippen LogP contribution in [0.15, 0.2) is 60.4 Å². The van der Waals surface area contributed by atoms with Gasteiger partial charge in [0.2, 0.25) is 0 Å². The number of hydrogen-bond acceptors (Lipinski definition) is 4. The van der Waals surface area contributed by atoms with Gasteiger partial charge in [0.1, 0.15) is 23.1 Å². The topological polar surface area (TPSA) is 66.8 Å². The van der Waals surface area contributed by atoms with E-state index in [9.17, 15) is 18.7 Å². The predicted molar refractivity (Wildman–Crippen MR) is 99.1 cm³/mol. The molecule has 0 radical (unpaired) electrons. The van der Waals surface area contributed by atoms with E-state index in [0.29, 0.717) is 11.3 Å². The van der Waals surface area contributed by atoms with Crippen molar-refractivity contribution in [3.05, 3.63) is 88.7 Å². The quantitative estimate of drug-likeness (QED) is 0.434. The number of halogens is 2. The van der Waals surface area contributed by atoms with Crippen LogP contribution in [0, 0.1) is 11.6 Å². The van der Waals surface area contributed by atoms with Gasteiger partial charge in [-0.3, -0.25) is 4.79 Å². The number of carbonyl (C=O) groups excluding carboxylic acids is 1. The van der Waals surface area contributed by atoms with Crippen LogP contribution in [-0.4, -0.2) is 23.1 Å². The maximum absolute atomic E-state index is 13.8. The molecule has 4 nitrogen and oxygen atoms in total. The largest absolute Gasteiger partial charge is 0.508 e. The van der Waals surface area contributed by atoms with E-state index in [-0.39, 0.29) is 23.5 Å². The zero-order valence-electron chi connectivity index (χ0n) is 14.5. The van der Waals surface area contributed by atoms with E-state index in [2.05, 4.69) is 0 Å². The van der Waals surface area contributed by atoms with E-state index in [1.807, 2.05) is 0 Å². The fourth-order valence-electron chi connectivity index (χ4n) is 2.16. The Bertz CT molecular complexity index is 914. The van der Waals surface area contributed by atoms with Gasteiger partial charge in [0.25, 0.3) is 0 Å². The summed E-state index contributed by atoms with van der Waals surface area (Å²) in [6.45, 7) is -0.280. The van der Waals surface area contributed by atoms with Crippen LogP contribution in [0.2, 0.25) is 0 Å². The maximum Gasteiger partial charge on any atom is 0.182 e. The molecule has 0 saturated carbocycles. The lowest BCUT2D eigenvalue weighted by atomic mass is 10.1. The van der Waals surface area contributed by atoms with Crippen molar-refractivity contribution in [2.24, 2.45) is 0 Å². The first-order valence-corrected chi connectivity index (χ1v) is 7.96. The summed E-state index contributed by atoms with van der Waals surface area (Å²) in [7, 11) is 1.42. The average molecular weight is 372 g/mol. The fraction of sp³-hybridized carbons (Fsp3) is 0.0952. The van der Waals surface area contributed by atoms with Gasteiger partial charge in [0.15, 0.2) is 5.78 Å². The van der Waals surface area contributed by atoms with Crippen molar-refractivity contribution in [2.75, 3.05) is 7.11 Å². The second-order valence-electron chi connectivity index (χ2n) is 5.54. The van der Waals surface area contributed by atoms with Crippen molar-refractivity contribution in [2.45, 2.75) is 6.61 Å². The third kappa shape index (κ3) is 5.90. The molecule has 2 aromatic carbocycles. The minimum absolute atomic E-state index is 0.171. The molecule has 140 valence electrons. The molecule has 0 bridgehead atoms. The Kier molecular flexibility index (Phi) is 7.02. The van der Waals surface area contributed by atoms with Gasteiger partial charge in [0.05, 0.1) is 13.7 Å². The molecule has 27 heavy (non-hydrogen) atoms. The van der Waals surface area contributed by atoms with Crippen molar-refractivity contribution >= 4 is 17.9 Å². The van der Waals surface area contributed by atoms with Crippen LogP contribution in [0.3, 0.4) is 0 Å². The van der Waals surface area contributed by atoms with E-state index in [4.69, 9.17) is 9.84 Å². The molecule has 0 fully saturated rings. The second kappa shape index (κ2) is 9.45. The highest BCUT2D eigenvalue weighted by Gasteiger charge is 2.03. The Morgan fingerprint density at radius 2 is 1.67 bits per heavy atom. The highest BCUT2D eigenvalue weighted by atomic mass is 19.1. The lowest BCUT2D eigenvalue weighted by molar-refractivity contribution is -0.110. The Hall–Kier alpha value is -3.25. The van der Waals surface area contributed by atoms with Crippen LogP contribution >= 0.6 is 0 Å². The maximum atomic E-state index is 13.8. The lowest BCUT2D eigenvalue weighted by Gasteiger charge is -2.01. The number of aliphatic hydroxyl groups is 2. The highest BCUT2D eigenvalue weighted by molar-refractivity contribution is 6.02. The van der Waals surface area contributed by atoms with E-state index >= 15 is 0 Å². The van der Waals surface area contributed by atoms with Gasteiger partial charge in [0, 0.05) is 23.3 Å². The number of allylic oxidation sites excluding steroid dienone is 3. The van der Waals surface area contributed by atoms with Gasteiger partial charge in [-0.1, -0.05) is 12.1 Å². The minimum atomic E-state index is -0.575. The van der Waals surface area contributed by atoms with Gasteiger partial charge in [-0.05, 0) is 48.1 Å². The molecule has 2 rings (SSSR count). The Morgan fingerprint density at radius 3 is 2.26 bits per heavy atom. The van der Waals surface area contributed by atoms with Crippen LogP contribution < -0.4 is 4.74 Å². The zero-order valence-corrected chi connectivity index (χ0v) is 14.5. The molecule has 0 aliphatic carbocycles. The molecule has 2 N–H and O–H groups in total. The average Bonchev–Trinajstić information content (AvgIpc) is 2.65. The summed E-state index contributed by atoms with van der Waals surface area (Å²) in [5, 5.41) is 18.7. The van der Waals surface area contributed by atoms with Gasteiger partial charge >= 0.3 is 0 Å². The number of rotatable bonds is 7. The first-order valence-electron chi connectivity index (χ1n) is 7.96. The van der Waals surface area contributed by atoms with Gasteiger partial charge in [-0.2, -0.15) is 0 Å². The van der Waals surface area contributed by atoms with Crippen LogP contribution in [-0.2, 0) is 11.4 Å². The van der Waals surface area contributed by atoms with Gasteiger partial charge < -0.3 is 14.9 Å². The zero-order chi connectivity index (χ0) is 19.8. The molecule has 0 heterocycles. The highest BCUT2D eigenvalue weighted by Crippen LogP contribution is 2.18. The van der Waals surface area contributed by atoms with Crippen molar-refractivity contribution in [3.8, 4) is 5.75 Å². The molecular weight excluding hydrogens is 354 g/mol. The fourth-order valence-corrected chi connectivity index (χ4v) is 2.16. The van der Waals surface area contributed by atoms with Crippen LogP contribution in [0.4, 0.5) is 8.78 Å². The third-order valence-corrected chi connectivity index (χ3v) is 3.61. The van der Waals surface area contributed by atoms with Crippen molar-refractivity contribution in [1.29, 1.82) is 0 Å². The van der Waals surface area contributed by atoms with Crippen LogP contribution in [0.5, 0.6) is 5.75 Å². The number of methoxy groups -OCH3 is 1. The summed E-state index contributed by atoms with van der Waals surface area (Å²) < 4.78 is 32.4. The number of aliphatic hydroxyl groups excluding tert-OH is 2. The Balaban J connectivity index is 2.05. The molecule has 0 atom stereocenters. The molecular formula is C21H18F2O4. The minimum Gasteiger partial charge on any atom is -0.508 e. The summed E-state index contributed by atoms with van der Waals surface area (Å²) in [4.78, 5) is 11.8. The molecule has 2 aromatic rings. The third-order valence-electron chi connectivity index (χ3n) is 3.61. The standard InChI is InChI=1S/C21H18F2O4/c1-27-19-9-6-16(21(23)12-19)5-8-18(26)11-17(25)7-4-15-3-2-14(13-24)10-20(15)22/h2-12,24,26H,13H2,1H3/b7-4+,8-5+,18-11?. The Morgan fingerprint density at radius 1 is 1.04 bits per heavy atom. The molecule has 0 unspecified atom stereocenters. The summed E-state index contributed by atoms with van der Waals surface area (Å²) in [5.74, 6) is -1.70. The molecule has 0 aromatic heterocycles. The smallest absolute Gasteiger partial charge is 0.182 e. The summed E-state index contributed by atoms with van der Waals surface area (Å²) >= 11 is 0. The number of hydrogen-bond donors (Lipinski definition) is 2. The Labute approximate surface area is 155 Å². The number of ketones is 1. The number of ether oxygens (including phenoxy) is 1. The molecule has 0 saturated heterocycles. The van der Waals surface area contributed by atoms with Crippen molar-refractivity contribution < 1.29 is 28.5 Å². The molecule has 6 heteroatoms. The van der Waals surface area contributed by atoms with Crippen molar-refractivity contribution in [1.82, 2.24) is 0 Å². The van der Waals surface area contributed by atoms with Crippen molar-refractivity contribution in [3.63, 3.8) is 0 Å². The van der Waals surface area contributed by atoms with Gasteiger partial charge in [-0.15, -0.1) is 0 Å². The lowest BCUT2D eigenvalue weighted by Crippen LogP contribution is -1.91. The predicted octanol–water partition coefficient (Wildman–Crippen LogP) is 4.20. The molecule has 0 amide bonds. The first kappa shape index (κ1) is 20.1. The monoisotopic (exact) mass is 372 g/mol. The van der Waals surface area contributed by atoms with E-state index in [0.717, 1.165) is 12.2 Å². The van der Waals surface area contributed by atoms with E-state index in [1.54, 1.807) is 6.07 Å². The van der Waals surface area contributed by atoms with Crippen LogP contribution in [0.1, 0.15) is 16.7 Å². The number of carbonyl (C=O) groups is 1. The van der Waals surface area contributed by atoms with Gasteiger partial charge in [-0.25, -0.2) is 8.78 Å². The normalized spacial score (nSPS) is 12.1. The first-order chi connectivity index (χ1) is 12.9. The number of benzene rings is 2. The molecule has 0 spiro atoms. The molecule has 0 aliphatic rings. The summed E-state index contributed by atoms with van der Waals surface area (Å²) in [6.07, 6.45) is 5.76. The summed E-state index contributed by atoms with van der Waals surface area (Å²) in [5.41, 5.74) is 0.804. The summed E-state index contributed by atoms with van der Waals surface area (Å²) in [6, 6.07) is 8.37. The van der Waals surface area contributed by atoms with E-state index < -0.39 is 17.4 Å². The van der Waals surface area contributed by atoms with Crippen LogP contribution in [0.25, 0.3) is 12.2 Å². The van der Waals surface area contributed by atoms with E-state index in [1.165, 1.54) is 55.7 Å². The second-order valence-corrected chi connectivity index (χ2v) is 5.54.